The Morgan fingerprint density at radius 3 is 2.64 bits per heavy atom. The zero-order chi connectivity index (χ0) is 15.2. The Balaban J connectivity index is 1.42. The molecule has 1 saturated carbocycles. The summed E-state index contributed by atoms with van der Waals surface area (Å²) in [5, 5.41) is 17.3. The third-order valence-corrected chi connectivity index (χ3v) is 3.28. The maximum absolute atomic E-state index is 11.5. The van der Waals surface area contributed by atoms with Crippen molar-refractivity contribution in [3.05, 3.63) is 36.7 Å². The molecule has 22 heavy (non-hydrogen) atoms. The zero-order valence-electron chi connectivity index (χ0n) is 12.1. The van der Waals surface area contributed by atoms with Crippen LogP contribution in [-0.2, 0) is 4.79 Å². The number of rotatable bonds is 7. The average molecular weight is 298 g/mol. The molecule has 0 atom stereocenters. The van der Waals surface area contributed by atoms with E-state index in [1.165, 1.54) is 0 Å². The van der Waals surface area contributed by atoms with Gasteiger partial charge in [0.2, 0.25) is 5.91 Å². The summed E-state index contributed by atoms with van der Waals surface area (Å²) in [6.45, 7) is 1.22. The van der Waals surface area contributed by atoms with E-state index in [1.807, 2.05) is 24.3 Å². The van der Waals surface area contributed by atoms with Crippen LogP contribution in [0.25, 0.3) is 0 Å². The summed E-state index contributed by atoms with van der Waals surface area (Å²) in [5.74, 6) is 1.74. The molecule has 0 radical (unpaired) electrons. The molecule has 0 aromatic carbocycles. The number of carbonyl (C=O) groups excluding carboxylic acids is 1. The number of aromatic nitrogens is 3. The normalized spacial score (nSPS) is 13.5. The first kappa shape index (κ1) is 14.2. The molecular formula is C15H18N6O. The van der Waals surface area contributed by atoms with Crippen molar-refractivity contribution in [3.8, 4) is 0 Å². The molecule has 1 amide bonds. The minimum absolute atomic E-state index is 0.156. The highest BCUT2D eigenvalue weighted by atomic mass is 16.2. The highest BCUT2D eigenvalue weighted by molar-refractivity contribution is 5.80. The highest BCUT2D eigenvalue weighted by Crippen LogP contribution is 2.28. The molecule has 7 heteroatoms. The lowest BCUT2D eigenvalue weighted by Crippen LogP contribution is -2.29. The van der Waals surface area contributed by atoms with Crippen LogP contribution in [-0.4, -0.2) is 34.2 Å². The average Bonchev–Trinajstić information content (AvgIpc) is 3.39. The van der Waals surface area contributed by atoms with Crippen molar-refractivity contribution in [3.63, 3.8) is 0 Å². The molecule has 1 aliphatic rings. The fraction of sp³-hybridized carbons (Fsp3) is 0.333. The first-order chi connectivity index (χ1) is 10.8. The second-order valence-electron chi connectivity index (χ2n) is 5.16. The van der Waals surface area contributed by atoms with Crippen molar-refractivity contribution in [2.75, 3.05) is 23.7 Å². The van der Waals surface area contributed by atoms with Gasteiger partial charge in [0.05, 0.1) is 11.9 Å². The van der Waals surface area contributed by atoms with Crippen molar-refractivity contribution in [2.45, 2.75) is 12.8 Å². The lowest BCUT2D eigenvalue weighted by molar-refractivity contribution is -0.122. The zero-order valence-corrected chi connectivity index (χ0v) is 12.1. The van der Waals surface area contributed by atoms with Crippen LogP contribution in [0.5, 0.6) is 0 Å². The molecule has 2 aromatic rings. The van der Waals surface area contributed by atoms with Crippen LogP contribution in [0.4, 0.5) is 17.3 Å². The number of carbonyl (C=O) groups is 1. The largest absolute Gasteiger partial charge is 0.367 e. The molecule has 1 fully saturated rings. The molecular weight excluding hydrogens is 280 g/mol. The maximum atomic E-state index is 11.5. The number of hydrogen-bond acceptors (Lipinski definition) is 6. The number of anilines is 3. The summed E-state index contributed by atoms with van der Waals surface area (Å²) in [7, 11) is 0. The Kier molecular flexibility index (Phi) is 4.43. The van der Waals surface area contributed by atoms with E-state index < -0.39 is 0 Å². The smallest absolute Gasteiger partial charge is 0.223 e. The molecule has 0 bridgehead atoms. The SMILES string of the molecule is O=C(NCCNc1ccc(Nc2cccnc2)nn1)C1CC1. The molecule has 0 saturated heterocycles. The van der Waals surface area contributed by atoms with Crippen molar-refractivity contribution < 1.29 is 4.79 Å². The van der Waals surface area contributed by atoms with E-state index >= 15 is 0 Å². The second kappa shape index (κ2) is 6.84. The van der Waals surface area contributed by atoms with E-state index in [0.29, 0.717) is 24.7 Å². The van der Waals surface area contributed by atoms with Gasteiger partial charge in [-0.25, -0.2) is 0 Å². The van der Waals surface area contributed by atoms with Crippen LogP contribution in [0, 0.1) is 5.92 Å². The van der Waals surface area contributed by atoms with Crippen LogP contribution in [0.15, 0.2) is 36.7 Å². The van der Waals surface area contributed by atoms with E-state index in [2.05, 4.69) is 31.1 Å². The molecule has 0 unspecified atom stereocenters. The molecule has 1 aliphatic carbocycles. The Morgan fingerprint density at radius 2 is 1.95 bits per heavy atom. The summed E-state index contributed by atoms with van der Waals surface area (Å²) < 4.78 is 0. The van der Waals surface area contributed by atoms with Gasteiger partial charge in [0.25, 0.3) is 0 Å². The van der Waals surface area contributed by atoms with Crippen LogP contribution >= 0.6 is 0 Å². The predicted molar refractivity (Wildman–Crippen MR) is 83.8 cm³/mol. The van der Waals surface area contributed by atoms with Gasteiger partial charge in [-0.2, -0.15) is 0 Å². The standard InChI is InChI=1S/C15H18N6O/c22-15(11-3-4-11)18-9-8-17-13-5-6-14(21-20-13)19-12-2-1-7-16-10-12/h1-2,5-7,10-11H,3-4,8-9H2,(H,17,20)(H,18,22)(H,19,21). The summed E-state index contributed by atoms with van der Waals surface area (Å²) >= 11 is 0. The summed E-state index contributed by atoms with van der Waals surface area (Å²) in [6.07, 6.45) is 5.48. The highest BCUT2D eigenvalue weighted by Gasteiger charge is 2.28. The van der Waals surface area contributed by atoms with Crippen molar-refractivity contribution in [1.82, 2.24) is 20.5 Å². The van der Waals surface area contributed by atoms with Gasteiger partial charge >= 0.3 is 0 Å². The summed E-state index contributed by atoms with van der Waals surface area (Å²) in [5.41, 5.74) is 0.861. The van der Waals surface area contributed by atoms with Gasteiger partial charge in [-0.3, -0.25) is 9.78 Å². The van der Waals surface area contributed by atoms with Crippen LogP contribution < -0.4 is 16.0 Å². The fourth-order valence-corrected chi connectivity index (χ4v) is 1.94. The quantitative estimate of drug-likeness (QED) is 0.672. The number of nitrogens with zero attached hydrogens (tertiary/aromatic N) is 3. The molecule has 0 spiro atoms. The molecule has 2 aromatic heterocycles. The predicted octanol–water partition coefficient (Wildman–Crippen LogP) is 1.55. The molecule has 2 heterocycles. The van der Waals surface area contributed by atoms with Crippen LogP contribution in [0.2, 0.25) is 0 Å². The van der Waals surface area contributed by atoms with E-state index in [0.717, 1.165) is 18.5 Å². The Labute approximate surface area is 128 Å². The van der Waals surface area contributed by atoms with Gasteiger partial charge in [-0.05, 0) is 37.1 Å². The molecule has 114 valence electrons. The summed E-state index contributed by atoms with van der Waals surface area (Å²) in [6, 6.07) is 7.44. The number of nitrogens with one attached hydrogen (secondary N) is 3. The van der Waals surface area contributed by atoms with Crippen molar-refractivity contribution in [1.29, 1.82) is 0 Å². The van der Waals surface area contributed by atoms with E-state index in [4.69, 9.17) is 0 Å². The van der Waals surface area contributed by atoms with E-state index in [9.17, 15) is 4.79 Å². The third-order valence-electron chi connectivity index (χ3n) is 3.28. The monoisotopic (exact) mass is 298 g/mol. The van der Waals surface area contributed by atoms with Crippen molar-refractivity contribution >= 4 is 23.2 Å². The Morgan fingerprint density at radius 1 is 1.14 bits per heavy atom. The van der Waals surface area contributed by atoms with Gasteiger partial charge in [-0.1, -0.05) is 0 Å². The van der Waals surface area contributed by atoms with Crippen LogP contribution in [0.3, 0.4) is 0 Å². The van der Waals surface area contributed by atoms with Gasteiger partial charge in [0, 0.05) is 25.2 Å². The fourth-order valence-electron chi connectivity index (χ4n) is 1.94. The summed E-state index contributed by atoms with van der Waals surface area (Å²) in [4.78, 5) is 15.5. The second-order valence-corrected chi connectivity index (χ2v) is 5.16. The van der Waals surface area contributed by atoms with Gasteiger partial charge in [-0.15, -0.1) is 10.2 Å². The first-order valence-corrected chi connectivity index (χ1v) is 7.33. The Bertz CT molecular complexity index is 612. The van der Waals surface area contributed by atoms with Gasteiger partial charge < -0.3 is 16.0 Å². The molecule has 0 aliphatic heterocycles. The number of hydrogen-bond donors (Lipinski definition) is 3. The lowest BCUT2D eigenvalue weighted by Gasteiger charge is -2.08. The van der Waals surface area contributed by atoms with Crippen LogP contribution in [0.1, 0.15) is 12.8 Å². The lowest BCUT2D eigenvalue weighted by atomic mass is 10.4. The minimum Gasteiger partial charge on any atom is -0.367 e. The molecule has 3 N–H and O–H groups in total. The minimum atomic E-state index is 0.156. The molecule has 7 nitrogen and oxygen atoms in total. The van der Waals surface area contributed by atoms with E-state index in [-0.39, 0.29) is 11.8 Å². The first-order valence-electron chi connectivity index (χ1n) is 7.33. The van der Waals surface area contributed by atoms with Gasteiger partial charge in [0.1, 0.15) is 5.82 Å². The van der Waals surface area contributed by atoms with E-state index in [1.54, 1.807) is 12.4 Å². The third kappa shape index (κ3) is 4.15. The number of pyridine rings is 1. The van der Waals surface area contributed by atoms with Crippen molar-refractivity contribution in [2.24, 2.45) is 5.92 Å². The molecule has 3 rings (SSSR count). The topological polar surface area (TPSA) is 91.8 Å². The number of amides is 1. The van der Waals surface area contributed by atoms with Gasteiger partial charge in [0.15, 0.2) is 5.82 Å². The Hall–Kier alpha value is -2.70. The maximum Gasteiger partial charge on any atom is 0.223 e.